The van der Waals surface area contributed by atoms with Crippen molar-refractivity contribution in [3.63, 3.8) is 0 Å². The van der Waals surface area contributed by atoms with Crippen LogP contribution in [0.25, 0.3) is 11.3 Å². The number of anilines is 1. The van der Waals surface area contributed by atoms with E-state index in [1.54, 1.807) is 18.2 Å². The number of rotatable bonds is 4. The monoisotopic (exact) mass is 462 g/mol. The first kappa shape index (κ1) is 20.6. The highest BCUT2D eigenvalue weighted by Gasteiger charge is 2.26. The third-order valence-corrected chi connectivity index (χ3v) is 6.31. The van der Waals surface area contributed by atoms with E-state index < -0.39 is 6.23 Å². The van der Waals surface area contributed by atoms with Crippen molar-refractivity contribution in [2.75, 3.05) is 5.32 Å². The molecule has 3 aromatic carbocycles. The molecule has 160 valence electrons. The summed E-state index contributed by atoms with van der Waals surface area (Å²) in [5.74, 6) is 1.13. The van der Waals surface area contributed by atoms with Crippen LogP contribution in [-0.2, 0) is 5.75 Å². The standard InChI is InChI=1S/C24H19ClN4O2S/c1-14-6-8-15(9-7-14)13-32-24-27-23-21(28-29-24)17-4-2-3-5-19(17)26-22(31-23)16-10-11-20(30)18(25)12-16/h2-12,22,26,30H,13H2,1H3/t22-/m1/s1. The Kier molecular flexibility index (Phi) is 5.59. The van der Waals surface area contributed by atoms with E-state index in [0.29, 0.717) is 16.7 Å². The lowest BCUT2D eigenvalue weighted by Gasteiger charge is -2.19. The fraction of sp³-hybridized carbons (Fsp3) is 0.125. The number of aryl methyl sites for hydroxylation is 1. The summed E-state index contributed by atoms with van der Waals surface area (Å²) < 4.78 is 6.25. The van der Waals surface area contributed by atoms with Crippen LogP contribution < -0.4 is 10.1 Å². The maximum absolute atomic E-state index is 9.79. The molecule has 1 aromatic heterocycles. The molecule has 2 heterocycles. The number of fused-ring (bicyclic) bond motifs is 3. The Morgan fingerprint density at radius 2 is 1.88 bits per heavy atom. The number of phenolic OH excluding ortho intramolecular Hbond substituents is 1. The second kappa shape index (κ2) is 8.68. The van der Waals surface area contributed by atoms with Gasteiger partial charge < -0.3 is 15.2 Å². The Balaban J connectivity index is 1.49. The van der Waals surface area contributed by atoms with Gasteiger partial charge in [0.25, 0.3) is 0 Å². The molecule has 4 aromatic rings. The van der Waals surface area contributed by atoms with Gasteiger partial charge in [-0.05, 0) is 36.8 Å². The molecular formula is C24H19ClN4O2S. The molecule has 1 atom stereocenters. The van der Waals surface area contributed by atoms with Crippen LogP contribution in [-0.4, -0.2) is 20.3 Å². The number of aromatic nitrogens is 3. The number of ether oxygens (including phenoxy) is 1. The minimum Gasteiger partial charge on any atom is -0.506 e. The average molecular weight is 463 g/mol. The third kappa shape index (κ3) is 4.22. The van der Waals surface area contributed by atoms with E-state index in [-0.39, 0.29) is 10.8 Å². The predicted octanol–water partition coefficient (Wildman–Crippen LogP) is 6.00. The van der Waals surface area contributed by atoms with Gasteiger partial charge in [-0.25, -0.2) is 0 Å². The number of hydrogen-bond donors (Lipinski definition) is 2. The van der Waals surface area contributed by atoms with Gasteiger partial charge in [0.1, 0.15) is 5.75 Å². The van der Waals surface area contributed by atoms with Crippen LogP contribution in [0, 0.1) is 6.92 Å². The minimum atomic E-state index is -0.567. The highest BCUT2D eigenvalue weighted by molar-refractivity contribution is 7.98. The Hall–Kier alpha value is -3.29. The number of para-hydroxylation sites is 1. The smallest absolute Gasteiger partial charge is 0.247 e. The zero-order valence-corrected chi connectivity index (χ0v) is 18.7. The molecule has 32 heavy (non-hydrogen) atoms. The van der Waals surface area contributed by atoms with Gasteiger partial charge in [0.05, 0.1) is 5.02 Å². The third-order valence-electron chi connectivity index (χ3n) is 5.10. The lowest BCUT2D eigenvalue weighted by Crippen LogP contribution is -2.17. The van der Waals surface area contributed by atoms with Gasteiger partial charge in [0, 0.05) is 22.6 Å². The number of benzene rings is 3. The maximum Gasteiger partial charge on any atom is 0.247 e. The first-order chi connectivity index (χ1) is 15.6. The lowest BCUT2D eigenvalue weighted by molar-refractivity contribution is 0.225. The summed E-state index contributed by atoms with van der Waals surface area (Å²) in [5.41, 5.74) is 5.43. The van der Waals surface area contributed by atoms with Crippen molar-refractivity contribution in [2.24, 2.45) is 0 Å². The van der Waals surface area contributed by atoms with Gasteiger partial charge in [-0.2, -0.15) is 4.98 Å². The van der Waals surface area contributed by atoms with Gasteiger partial charge in [-0.3, -0.25) is 0 Å². The quantitative estimate of drug-likeness (QED) is 0.360. The molecule has 2 N–H and O–H groups in total. The average Bonchev–Trinajstić information content (AvgIpc) is 2.97. The van der Waals surface area contributed by atoms with Crippen molar-refractivity contribution >= 4 is 29.1 Å². The van der Waals surface area contributed by atoms with Crippen LogP contribution in [0.15, 0.2) is 71.9 Å². The van der Waals surface area contributed by atoms with Crippen molar-refractivity contribution in [1.29, 1.82) is 0 Å². The molecule has 0 bridgehead atoms. The number of aromatic hydroxyl groups is 1. The first-order valence-electron chi connectivity index (χ1n) is 10.0. The van der Waals surface area contributed by atoms with E-state index in [0.717, 1.165) is 22.6 Å². The summed E-state index contributed by atoms with van der Waals surface area (Å²) in [7, 11) is 0. The van der Waals surface area contributed by atoms with E-state index in [1.807, 2.05) is 24.3 Å². The fourth-order valence-electron chi connectivity index (χ4n) is 3.38. The molecule has 0 spiro atoms. The maximum atomic E-state index is 9.79. The summed E-state index contributed by atoms with van der Waals surface area (Å²) >= 11 is 7.64. The lowest BCUT2D eigenvalue weighted by atomic mass is 10.1. The molecule has 0 radical (unpaired) electrons. The van der Waals surface area contributed by atoms with Gasteiger partial charge in [-0.1, -0.05) is 71.4 Å². The van der Waals surface area contributed by atoms with E-state index in [2.05, 4.69) is 51.7 Å². The molecule has 6 nitrogen and oxygen atoms in total. The van der Waals surface area contributed by atoms with Crippen LogP contribution >= 0.6 is 23.4 Å². The second-order valence-electron chi connectivity index (χ2n) is 7.42. The molecule has 0 aliphatic carbocycles. The fourth-order valence-corrected chi connectivity index (χ4v) is 4.30. The molecule has 0 saturated heterocycles. The zero-order valence-electron chi connectivity index (χ0n) is 17.1. The number of phenols is 1. The van der Waals surface area contributed by atoms with Gasteiger partial charge >= 0.3 is 0 Å². The van der Waals surface area contributed by atoms with Crippen LogP contribution in [0.3, 0.4) is 0 Å². The molecule has 5 rings (SSSR count). The summed E-state index contributed by atoms with van der Waals surface area (Å²) in [4.78, 5) is 4.67. The van der Waals surface area contributed by atoms with E-state index >= 15 is 0 Å². The first-order valence-corrected chi connectivity index (χ1v) is 11.4. The normalized spacial score (nSPS) is 14.5. The van der Waals surface area contributed by atoms with Gasteiger partial charge in [0.2, 0.25) is 11.0 Å². The molecule has 0 amide bonds. The van der Waals surface area contributed by atoms with Crippen molar-refractivity contribution in [3.05, 3.63) is 88.4 Å². The largest absolute Gasteiger partial charge is 0.506 e. The minimum absolute atomic E-state index is 0.0172. The molecule has 1 aliphatic rings. The van der Waals surface area contributed by atoms with Crippen LogP contribution in [0.4, 0.5) is 5.69 Å². The Bertz CT molecular complexity index is 1280. The summed E-state index contributed by atoms with van der Waals surface area (Å²) in [5, 5.41) is 22.7. The van der Waals surface area contributed by atoms with E-state index in [9.17, 15) is 5.11 Å². The zero-order chi connectivity index (χ0) is 22.1. The number of nitrogens with one attached hydrogen (secondary N) is 1. The number of thioether (sulfide) groups is 1. The number of nitrogens with zero attached hydrogens (tertiary/aromatic N) is 3. The summed E-state index contributed by atoms with van der Waals surface area (Å²) in [6, 6.07) is 21.1. The predicted molar refractivity (Wildman–Crippen MR) is 126 cm³/mol. The van der Waals surface area contributed by atoms with Gasteiger partial charge in [-0.15, -0.1) is 10.2 Å². The number of halogens is 1. The van der Waals surface area contributed by atoms with Crippen molar-refractivity contribution in [1.82, 2.24) is 15.2 Å². The Morgan fingerprint density at radius 3 is 2.69 bits per heavy atom. The van der Waals surface area contributed by atoms with Gasteiger partial charge in [0.15, 0.2) is 11.9 Å². The molecule has 8 heteroatoms. The van der Waals surface area contributed by atoms with E-state index in [1.165, 1.54) is 22.9 Å². The van der Waals surface area contributed by atoms with Crippen molar-refractivity contribution < 1.29 is 9.84 Å². The molecule has 0 unspecified atom stereocenters. The molecule has 0 fully saturated rings. The summed E-state index contributed by atoms with van der Waals surface area (Å²) in [6.07, 6.45) is -0.567. The van der Waals surface area contributed by atoms with Crippen molar-refractivity contribution in [2.45, 2.75) is 24.1 Å². The highest BCUT2D eigenvalue weighted by atomic mass is 35.5. The van der Waals surface area contributed by atoms with Crippen LogP contribution in [0.1, 0.15) is 22.9 Å². The second-order valence-corrected chi connectivity index (χ2v) is 8.77. The Labute approximate surface area is 194 Å². The SMILES string of the molecule is Cc1ccc(CSc2nnc3c(n2)O[C@H](c2ccc(O)c(Cl)c2)Nc2ccccc2-3)cc1. The van der Waals surface area contributed by atoms with E-state index in [4.69, 9.17) is 16.3 Å². The number of hydrogen-bond acceptors (Lipinski definition) is 7. The summed E-state index contributed by atoms with van der Waals surface area (Å²) in [6.45, 7) is 2.07. The van der Waals surface area contributed by atoms with Crippen molar-refractivity contribution in [3.8, 4) is 22.9 Å². The van der Waals surface area contributed by atoms with Crippen LogP contribution in [0.5, 0.6) is 11.6 Å². The molecule has 1 aliphatic heterocycles. The molecular weight excluding hydrogens is 444 g/mol. The highest BCUT2D eigenvalue weighted by Crippen LogP contribution is 2.40. The van der Waals surface area contributed by atoms with Crippen LogP contribution in [0.2, 0.25) is 5.02 Å². The topological polar surface area (TPSA) is 80.2 Å². The molecule has 0 saturated carbocycles. The Morgan fingerprint density at radius 1 is 1.06 bits per heavy atom.